The normalized spacial score (nSPS) is 13.7. The van der Waals surface area contributed by atoms with Gasteiger partial charge in [0.25, 0.3) is 0 Å². The van der Waals surface area contributed by atoms with Crippen LogP contribution in [0.5, 0.6) is 0 Å². The minimum absolute atomic E-state index is 0.130. The van der Waals surface area contributed by atoms with Gasteiger partial charge < -0.3 is 4.74 Å². The molecule has 0 aromatic carbocycles. The Balaban J connectivity index is 2.78. The van der Waals surface area contributed by atoms with Gasteiger partial charge in [0.2, 0.25) is 10.0 Å². The number of rotatable bonds is 5. The quantitative estimate of drug-likeness (QED) is 0.886. The number of ether oxygens (including phenoxy) is 1. The van der Waals surface area contributed by atoms with Crippen LogP contribution in [0.1, 0.15) is 6.92 Å². The van der Waals surface area contributed by atoms with Crippen molar-refractivity contribution in [1.82, 2.24) is 9.71 Å². The number of nitrogens with one attached hydrogen (secondary N) is 1. The van der Waals surface area contributed by atoms with Crippen LogP contribution in [0.3, 0.4) is 0 Å². The molecule has 1 aromatic rings. The first kappa shape index (κ1) is 13.6. The molecule has 0 fully saturated rings. The minimum Gasteiger partial charge on any atom is -0.380 e. The van der Waals surface area contributed by atoms with E-state index in [1.54, 1.807) is 6.92 Å². The average molecular weight is 309 g/mol. The molecule has 1 aromatic heterocycles. The van der Waals surface area contributed by atoms with Crippen LogP contribution >= 0.6 is 15.9 Å². The Bertz CT molecular complexity index is 450. The SMILES string of the molecule is COC(C)CNS(=O)(=O)c1cncc(Br)c1. The second-order valence-electron chi connectivity index (χ2n) is 3.24. The van der Waals surface area contributed by atoms with Crippen molar-refractivity contribution in [3.05, 3.63) is 22.9 Å². The van der Waals surface area contributed by atoms with Gasteiger partial charge in [-0.15, -0.1) is 0 Å². The molecule has 0 aliphatic carbocycles. The van der Waals surface area contributed by atoms with E-state index in [1.807, 2.05) is 0 Å². The molecule has 0 bridgehead atoms. The summed E-state index contributed by atoms with van der Waals surface area (Å²) >= 11 is 3.17. The highest BCUT2D eigenvalue weighted by Crippen LogP contribution is 2.13. The third kappa shape index (κ3) is 3.82. The van der Waals surface area contributed by atoms with Gasteiger partial charge in [0, 0.05) is 30.5 Å². The van der Waals surface area contributed by atoms with Crippen LogP contribution in [0.2, 0.25) is 0 Å². The standard InChI is InChI=1S/C9H13BrN2O3S/c1-7(15-2)4-12-16(13,14)9-3-8(10)5-11-6-9/h3,5-7,12H,4H2,1-2H3. The highest BCUT2D eigenvalue weighted by molar-refractivity contribution is 9.10. The maximum atomic E-state index is 11.8. The van der Waals surface area contributed by atoms with E-state index in [2.05, 4.69) is 25.6 Å². The molecular weight excluding hydrogens is 296 g/mol. The molecular formula is C9H13BrN2O3S. The number of nitrogens with zero attached hydrogens (tertiary/aromatic N) is 1. The molecule has 0 spiro atoms. The van der Waals surface area contributed by atoms with Crippen molar-refractivity contribution >= 4 is 26.0 Å². The Morgan fingerprint density at radius 2 is 2.25 bits per heavy atom. The Labute approximate surface area is 103 Å². The highest BCUT2D eigenvalue weighted by atomic mass is 79.9. The van der Waals surface area contributed by atoms with Gasteiger partial charge in [-0.1, -0.05) is 0 Å². The summed E-state index contributed by atoms with van der Waals surface area (Å²) in [5.74, 6) is 0. The molecule has 0 aliphatic heterocycles. The van der Waals surface area contributed by atoms with E-state index in [4.69, 9.17) is 4.74 Å². The van der Waals surface area contributed by atoms with Crippen LogP contribution in [0.25, 0.3) is 0 Å². The van der Waals surface area contributed by atoms with Crippen molar-refractivity contribution in [2.24, 2.45) is 0 Å². The molecule has 1 atom stereocenters. The van der Waals surface area contributed by atoms with Gasteiger partial charge in [-0.3, -0.25) is 4.98 Å². The van der Waals surface area contributed by atoms with Crippen molar-refractivity contribution in [2.45, 2.75) is 17.9 Å². The van der Waals surface area contributed by atoms with Crippen LogP contribution in [-0.4, -0.2) is 33.2 Å². The second kappa shape index (κ2) is 5.72. The molecule has 16 heavy (non-hydrogen) atoms. The van der Waals surface area contributed by atoms with Gasteiger partial charge in [-0.05, 0) is 28.9 Å². The molecule has 7 heteroatoms. The number of methoxy groups -OCH3 is 1. The lowest BCUT2D eigenvalue weighted by molar-refractivity contribution is 0.122. The van der Waals surface area contributed by atoms with Gasteiger partial charge in [0.05, 0.1) is 6.10 Å². The predicted octanol–water partition coefficient (Wildman–Crippen LogP) is 1.16. The maximum Gasteiger partial charge on any atom is 0.242 e. The molecule has 0 saturated carbocycles. The summed E-state index contributed by atoms with van der Waals surface area (Å²) in [7, 11) is -1.98. The summed E-state index contributed by atoms with van der Waals surface area (Å²) in [5, 5.41) is 0. The number of aromatic nitrogens is 1. The molecule has 1 heterocycles. The minimum atomic E-state index is -3.51. The largest absolute Gasteiger partial charge is 0.380 e. The van der Waals surface area contributed by atoms with E-state index in [0.717, 1.165) is 0 Å². The summed E-state index contributed by atoms with van der Waals surface area (Å²) < 4.78 is 31.6. The molecule has 1 rings (SSSR count). The molecule has 0 amide bonds. The van der Waals surface area contributed by atoms with Crippen molar-refractivity contribution in [1.29, 1.82) is 0 Å². The fraction of sp³-hybridized carbons (Fsp3) is 0.444. The first-order valence-electron chi connectivity index (χ1n) is 4.58. The van der Waals surface area contributed by atoms with Gasteiger partial charge in [0.15, 0.2) is 0 Å². The first-order valence-corrected chi connectivity index (χ1v) is 6.86. The Hall–Kier alpha value is -0.500. The Morgan fingerprint density at radius 1 is 1.56 bits per heavy atom. The van der Waals surface area contributed by atoms with E-state index in [0.29, 0.717) is 4.47 Å². The van der Waals surface area contributed by atoms with Crippen LogP contribution in [0, 0.1) is 0 Å². The Morgan fingerprint density at radius 3 is 2.81 bits per heavy atom. The zero-order valence-corrected chi connectivity index (χ0v) is 11.4. The summed E-state index contributed by atoms with van der Waals surface area (Å²) in [6.45, 7) is 2.01. The van der Waals surface area contributed by atoms with E-state index in [1.165, 1.54) is 25.6 Å². The van der Waals surface area contributed by atoms with Crippen molar-refractivity contribution in [2.75, 3.05) is 13.7 Å². The van der Waals surface area contributed by atoms with E-state index < -0.39 is 10.0 Å². The average Bonchev–Trinajstić information content (AvgIpc) is 2.26. The fourth-order valence-electron chi connectivity index (χ4n) is 0.933. The predicted molar refractivity (Wildman–Crippen MR) is 63.6 cm³/mol. The van der Waals surface area contributed by atoms with Crippen LogP contribution in [0.15, 0.2) is 27.8 Å². The third-order valence-electron chi connectivity index (χ3n) is 1.95. The van der Waals surface area contributed by atoms with Crippen molar-refractivity contribution < 1.29 is 13.2 Å². The summed E-state index contributed by atoms with van der Waals surface area (Å²) in [4.78, 5) is 3.93. The topological polar surface area (TPSA) is 68.3 Å². The van der Waals surface area contributed by atoms with Crippen LogP contribution in [-0.2, 0) is 14.8 Å². The lowest BCUT2D eigenvalue weighted by atomic mass is 10.4. The number of hydrogen-bond donors (Lipinski definition) is 1. The number of halogens is 1. The molecule has 0 aliphatic rings. The monoisotopic (exact) mass is 308 g/mol. The number of pyridine rings is 1. The van der Waals surface area contributed by atoms with Gasteiger partial charge in [-0.2, -0.15) is 0 Å². The lowest BCUT2D eigenvalue weighted by Crippen LogP contribution is -2.31. The van der Waals surface area contributed by atoms with E-state index in [-0.39, 0.29) is 17.5 Å². The highest BCUT2D eigenvalue weighted by Gasteiger charge is 2.15. The van der Waals surface area contributed by atoms with Crippen LogP contribution < -0.4 is 4.72 Å². The van der Waals surface area contributed by atoms with Gasteiger partial charge >= 0.3 is 0 Å². The smallest absolute Gasteiger partial charge is 0.242 e. The Kier molecular flexibility index (Phi) is 4.85. The second-order valence-corrected chi connectivity index (χ2v) is 5.92. The molecule has 0 radical (unpaired) electrons. The summed E-state index contributed by atoms with van der Waals surface area (Å²) in [6, 6.07) is 1.49. The summed E-state index contributed by atoms with van der Waals surface area (Å²) in [5.41, 5.74) is 0. The third-order valence-corrected chi connectivity index (χ3v) is 3.78. The van der Waals surface area contributed by atoms with E-state index in [9.17, 15) is 8.42 Å². The van der Waals surface area contributed by atoms with Crippen molar-refractivity contribution in [3.63, 3.8) is 0 Å². The molecule has 90 valence electrons. The zero-order chi connectivity index (χ0) is 12.2. The molecule has 1 unspecified atom stereocenters. The summed E-state index contributed by atoms with van der Waals surface area (Å²) in [6.07, 6.45) is 2.65. The number of sulfonamides is 1. The van der Waals surface area contributed by atoms with Crippen molar-refractivity contribution in [3.8, 4) is 0 Å². The first-order chi connectivity index (χ1) is 7.45. The fourth-order valence-corrected chi connectivity index (χ4v) is 2.55. The lowest BCUT2D eigenvalue weighted by Gasteiger charge is -2.11. The number of hydrogen-bond acceptors (Lipinski definition) is 4. The zero-order valence-electron chi connectivity index (χ0n) is 8.97. The maximum absolute atomic E-state index is 11.8. The van der Waals surface area contributed by atoms with Crippen LogP contribution in [0.4, 0.5) is 0 Å². The molecule has 5 nitrogen and oxygen atoms in total. The molecule has 1 N–H and O–H groups in total. The van der Waals surface area contributed by atoms with E-state index >= 15 is 0 Å². The van der Waals surface area contributed by atoms with Gasteiger partial charge in [0.1, 0.15) is 4.90 Å². The van der Waals surface area contributed by atoms with Gasteiger partial charge in [-0.25, -0.2) is 13.1 Å². The molecule has 0 saturated heterocycles.